The van der Waals surface area contributed by atoms with Crippen LogP contribution in [0.5, 0.6) is 0 Å². The van der Waals surface area contributed by atoms with Crippen LogP contribution in [-0.4, -0.2) is 47.8 Å². The molecule has 0 aliphatic carbocycles. The average molecular weight is 196 g/mol. The van der Waals surface area contributed by atoms with Gasteiger partial charge in [-0.3, -0.25) is 14.5 Å². The minimum absolute atomic E-state index is 0.192. The maximum absolute atomic E-state index is 11.2. The number of carbonyl (C=O) groups is 2. The Morgan fingerprint density at radius 3 is 2.07 bits per heavy atom. The fourth-order valence-corrected chi connectivity index (χ4v) is 1.43. The molecule has 1 aliphatic heterocycles. The summed E-state index contributed by atoms with van der Waals surface area (Å²) in [4.78, 5) is 25.8. The highest BCUT2D eigenvalue weighted by molar-refractivity contribution is 6.12. The Bertz CT molecular complexity index is 239. The molecule has 4 nitrogen and oxygen atoms in total. The topological polar surface area (TPSA) is 40.6 Å². The molecule has 0 fully saturated rings. The van der Waals surface area contributed by atoms with Crippen molar-refractivity contribution < 1.29 is 9.59 Å². The number of hydrogen-bond acceptors (Lipinski definition) is 3. The molecule has 0 bridgehead atoms. The van der Waals surface area contributed by atoms with Crippen molar-refractivity contribution in [1.82, 2.24) is 9.80 Å². The van der Waals surface area contributed by atoms with Crippen molar-refractivity contribution in [2.75, 3.05) is 26.2 Å². The molecule has 78 valence electrons. The first-order valence-corrected chi connectivity index (χ1v) is 4.95. The second-order valence-corrected chi connectivity index (χ2v) is 3.19. The van der Waals surface area contributed by atoms with Gasteiger partial charge in [-0.15, -0.1) is 0 Å². The Morgan fingerprint density at radius 2 is 1.64 bits per heavy atom. The summed E-state index contributed by atoms with van der Waals surface area (Å²) in [5, 5.41) is 0. The molecule has 0 atom stereocenters. The van der Waals surface area contributed by atoms with Crippen molar-refractivity contribution in [3.63, 3.8) is 0 Å². The van der Waals surface area contributed by atoms with Gasteiger partial charge in [0.15, 0.2) is 0 Å². The van der Waals surface area contributed by atoms with E-state index < -0.39 is 0 Å². The maximum atomic E-state index is 11.2. The molecule has 0 N–H and O–H groups in total. The second-order valence-electron chi connectivity index (χ2n) is 3.19. The molecule has 0 spiro atoms. The van der Waals surface area contributed by atoms with E-state index >= 15 is 0 Å². The molecule has 0 aromatic heterocycles. The third-order valence-electron chi connectivity index (χ3n) is 2.43. The molecule has 14 heavy (non-hydrogen) atoms. The van der Waals surface area contributed by atoms with Crippen molar-refractivity contribution in [2.24, 2.45) is 0 Å². The summed E-state index contributed by atoms with van der Waals surface area (Å²) >= 11 is 0. The van der Waals surface area contributed by atoms with Crippen molar-refractivity contribution in [3.8, 4) is 0 Å². The van der Waals surface area contributed by atoms with Gasteiger partial charge in [0.1, 0.15) is 0 Å². The lowest BCUT2D eigenvalue weighted by molar-refractivity contribution is -0.136. The van der Waals surface area contributed by atoms with Gasteiger partial charge in [-0.1, -0.05) is 13.8 Å². The summed E-state index contributed by atoms with van der Waals surface area (Å²) in [7, 11) is 0. The van der Waals surface area contributed by atoms with Crippen LogP contribution in [0.15, 0.2) is 12.2 Å². The quantitative estimate of drug-likeness (QED) is 0.592. The monoisotopic (exact) mass is 196 g/mol. The van der Waals surface area contributed by atoms with E-state index in [1.807, 2.05) is 0 Å². The molecule has 4 heteroatoms. The van der Waals surface area contributed by atoms with E-state index in [2.05, 4.69) is 18.7 Å². The van der Waals surface area contributed by atoms with Crippen LogP contribution >= 0.6 is 0 Å². The van der Waals surface area contributed by atoms with Crippen LogP contribution in [0, 0.1) is 0 Å². The fraction of sp³-hybridized carbons (Fsp3) is 0.600. The zero-order valence-corrected chi connectivity index (χ0v) is 8.69. The van der Waals surface area contributed by atoms with Gasteiger partial charge in [-0.05, 0) is 13.1 Å². The summed E-state index contributed by atoms with van der Waals surface area (Å²) in [6.45, 7) is 7.27. The van der Waals surface area contributed by atoms with Gasteiger partial charge >= 0.3 is 0 Å². The molecule has 0 saturated heterocycles. The van der Waals surface area contributed by atoms with E-state index in [-0.39, 0.29) is 11.8 Å². The average Bonchev–Trinajstić information content (AvgIpc) is 2.50. The van der Waals surface area contributed by atoms with Gasteiger partial charge in [0, 0.05) is 25.2 Å². The van der Waals surface area contributed by atoms with Crippen molar-refractivity contribution in [1.29, 1.82) is 0 Å². The van der Waals surface area contributed by atoms with Gasteiger partial charge < -0.3 is 4.90 Å². The predicted octanol–water partition coefficient (Wildman–Crippen LogP) is 0.253. The van der Waals surface area contributed by atoms with E-state index in [1.165, 1.54) is 17.1 Å². The predicted molar refractivity (Wildman–Crippen MR) is 53.6 cm³/mol. The molecule has 0 aromatic carbocycles. The van der Waals surface area contributed by atoms with Gasteiger partial charge in [-0.25, -0.2) is 0 Å². The Morgan fingerprint density at radius 1 is 1.14 bits per heavy atom. The fourth-order valence-electron chi connectivity index (χ4n) is 1.43. The van der Waals surface area contributed by atoms with Gasteiger partial charge in [0.05, 0.1) is 0 Å². The Kier molecular flexibility index (Phi) is 3.83. The molecule has 0 radical (unpaired) electrons. The Hall–Kier alpha value is -1.16. The van der Waals surface area contributed by atoms with Gasteiger partial charge in [0.25, 0.3) is 11.8 Å². The van der Waals surface area contributed by atoms with E-state index in [9.17, 15) is 9.59 Å². The van der Waals surface area contributed by atoms with Crippen LogP contribution < -0.4 is 0 Å². The minimum atomic E-state index is -0.192. The smallest absolute Gasteiger partial charge is 0.253 e. The molecule has 0 unspecified atom stereocenters. The van der Waals surface area contributed by atoms with E-state index in [4.69, 9.17) is 0 Å². The van der Waals surface area contributed by atoms with Crippen LogP contribution in [0.4, 0.5) is 0 Å². The molecule has 1 heterocycles. The van der Waals surface area contributed by atoms with Crippen molar-refractivity contribution in [3.05, 3.63) is 12.2 Å². The maximum Gasteiger partial charge on any atom is 0.253 e. The number of carbonyl (C=O) groups excluding carboxylic acids is 2. The molecule has 0 saturated carbocycles. The molecule has 1 aliphatic rings. The zero-order chi connectivity index (χ0) is 10.6. The van der Waals surface area contributed by atoms with Crippen LogP contribution in [0.2, 0.25) is 0 Å². The van der Waals surface area contributed by atoms with Crippen LogP contribution in [0.1, 0.15) is 13.8 Å². The molecular weight excluding hydrogens is 180 g/mol. The van der Waals surface area contributed by atoms with Crippen LogP contribution in [0.25, 0.3) is 0 Å². The highest BCUT2D eigenvalue weighted by Gasteiger charge is 2.22. The van der Waals surface area contributed by atoms with Gasteiger partial charge in [-0.2, -0.15) is 0 Å². The number of likely N-dealkylation sites (N-methyl/N-ethyl adjacent to an activating group) is 1. The first kappa shape index (κ1) is 10.9. The van der Waals surface area contributed by atoms with Gasteiger partial charge in [0.2, 0.25) is 0 Å². The summed E-state index contributed by atoms with van der Waals surface area (Å²) in [5.41, 5.74) is 0. The standard InChI is InChI=1S/C10H16N2O2/c1-3-11(4-2)7-8-12-9(13)5-6-10(12)14/h5-6H,3-4,7-8H2,1-2H3. The number of amides is 2. The van der Waals surface area contributed by atoms with E-state index in [1.54, 1.807) is 0 Å². The number of imide groups is 1. The number of nitrogens with zero attached hydrogens (tertiary/aromatic N) is 2. The molecule has 1 rings (SSSR count). The summed E-state index contributed by atoms with van der Waals surface area (Å²) in [5.74, 6) is -0.385. The third kappa shape index (κ3) is 2.42. The summed E-state index contributed by atoms with van der Waals surface area (Å²) < 4.78 is 0. The minimum Gasteiger partial charge on any atom is -0.302 e. The normalized spacial score (nSPS) is 16.1. The SMILES string of the molecule is CCN(CC)CCN1C(=O)C=CC1=O. The lowest BCUT2D eigenvalue weighted by Crippen LogP contribution is -2.38. The number of hydrogen-bond donors (Lipinski definition) is 0. The van der Waals surface area contributed by atoms with Crippen molar-refractivity contribution in [2.45, 2.75) is 13.8 Å². The summed E-state index contributed by atoms with van der Waals surface area (Å²) in [6.07, 6.45) is 2.65. The Labute approximate surface area is 84.2 Å². The largest absolute Gasteiger partial charge is 0.302 e. The zero-order valence-electron chi connectivity index (χ0n) is 8.69. The summed E-state index contributed by atoms with van der Waals surface area (Å²) in [6, 6.07) is 0. The lowest BCUT2D eigenvalue weighted by atomic mass is 10.4. The highest BCUT2D eigenvalue weighted by Crippen LogP contribution is 2.03. The molecule has 0 aromatic rings. The van der Waals surface area contributed by atoms with E-state index in [0.29, 0.717) is 6.54 Å². The molecule has 2 amide bonds. The highest BCUT2D eigenvalue weighted by atomic mass is 16.2. The van der Waals surface area contributed by atoms with Crippen LogP contribution in [0.3, 0.4) is 0 Å². The third-order valence-corrected chi connectivity index (χ3v) is 2.43. The lowest BCUT2D eigenvalue weighted by Gasteiger charge is -2.21. The molecular formula is C10H16N2O2. The van der Waals surface area contributed by atoms with Crippen LogP contribution in [-0.2, 0) is 9.59 Å². The first-order valence-electron chi connectivity index (χ1n) is 4.95. The second kappa shape index (κ2) is 4.91. The first-order chi connectivity index (χ1) is 6.69. The van der Waals surface area contributed by atoms with E-state index in [0.717, 1.165) is 19.6 Å². The Balaban J connectivity index is 2.38. The number of rotatable bonds is 5. The van der Waals surface area contributed by atoms with Crippen molar-refractivity contribution >= 4 is 11.8 Å².